The normalized spacial score (nSPS) is 19.8. The van der Waals surface area contributed by atoms with Crippen LogP contribution in [0.3, 0.4) is 0 Å². The van der Waals surface area contributed by atoms with Crippen LogP contribution in [-0.4, -0.2) is 71.3 Å². The van der Waals surface area contributed by atoms with Crippen LogP contribution in [-0.2, 0) is 0 Å². The van der Waals surface area contributed by atoms with Crippen molar-refractivity contribution in [3.05, 3.63) is 0 Å². The third-order valence-electron chi connectivity index (χ3n) is 3.66. The number of β-amino-alcohol motifs (C(OH)–C–C–N with tert-alkyl or cyclic N) is 1. The minimum Gasteiger partial charge on any atom is -0.394 e. The highest BCUT2D eigenvalue weighted by Gasteiger charge is 2.27. The first-order valence-corrected chi connectivity index (χ1v) is 6.53. The summed E-state index contributed by atoms with van der Waals surface area (Å²) in [4.78, 5) is 2.25. The zero-order chi connectivity index (χ0) is 12.7. The molecule has 1 atom stereocenters. The summed E-state index contributed by atoms with van der Waals surface area (Å²) in [5.74, 6) is 0. The summed E-state index contributed by atoms with van der Waals surface area (Å²) >= 11 is 0. The Kier molecular flexibility index (Phi) is 6.37. The quantitative estimate of drug-likeness (QED) is 0.450. The van der Waals surface area contributed by atoms with E-state index in [4.69, 9.17) is 0 Å². The molecule has 1 unspecified atom stereocenters. The molecule has 1 fully saturated rings. The number of aliphatic hydroxyl groups is 3. The predicted octanol–water partition coefficient (Wildman–Crippen LogP) is -0.834. The fourth-order valence-electron chi connectivity index (χ4n) is 2.17. The molecule has 0 spiro atoms. The third-order valence-corrected chi connectivity index (χ3v) is 3.66. The van der Waals surface area contributed by atoms with Crippen LogP contribution in [0, 0.1) is 0 Å². The summed E-state index contributed by atoms with van der Waals surface area (Å²) in [6.07, 6.45) is 2.62. The van der Waals surface area contributed by atoms with Crippen LogP contribution >= 0.6 is 0 Å². The lowest BCUT2D eigenvalue weighted by atomic mass is 9.98. The van der Waals surface area contributed by atoms with E-state index in [1.807, 2.05) is 6.92 Å². The number of likely N-dealkylation sites (tertiary alicyclic amines) is 1. The van der Waals surface area contributed by atoms with Crippen LogP contribution < -0.4 is 5.32 Å². The molecule has 4 N–H and O–H groups in total. The van der Waals surface area contributed by atoms with E-state index in [0.717, 1.165) is 13.1 Å². The molecule has 1 aliphatic heterocycles. The lowest BCUT2D eigenvalue weighted by Gasteiger charge is -2.31. The lowest BCUT2D eigenvalue weighted by molar-refractivity contribution is 0.0624. The number of rotatable bonds is 8. The topological polar surface area (TPSA) is 76.0 Å². The predicted molar refractivity (Wildman–Crippen MR) is 66.9 cm³/mol. The van der Waals surface area contributed by atoms with E-state index in [-0.39, 0.29) is 13.2 Å². The van der Waals surface area contributed by atoms with Gasteiger partial charge in [0.15, 0.2) is 0 Å². The second-order valence-electron chi connectivity index (χ2n) is 4.99. The standard InChI is InChI=1S/C12H26N2O3/c1-2-12(9-15,10-16)13-7-11(17)8-14-5-3-4-6-14/h11,13,15-17H,2-10H2,1H3. The van der Waals surface area contributed by atoms with Gasteiger partial charge in [0.2, 0.25) is 0 Å². The summed E-state index contributed by atoms with van der Waals surface area (Å²) in [5.41, 5.74) is -0.661. The molecular formula is C12H26N2O3. The minimum absolute atomic E-state index is 0.115. The monoisotopic (exact) mass is 246 g/mol. The van der Waals surface area contributed by atoms with Crippen molar-refractivity contribution >= 4 is 0 Å². The first kappa shape index (κ1) is 14.9. The number of aliphatic hydroxyl groups excluding tert-OH is 3. The average molecular weight is 246 g/mol. The molecule has 0 bridgehead atoms. The van der Waals surface area contributed by atoms with Crippen LogP contribution in [0.2, 0.25) is 0 Å². The first-order chi connectivity index (χ1) is 8.15. The Morgan fingerprint density at radius 1 is 1.24 bits per heavy atom. The van der Waals surface area contributed by atoms with Crippen LogP contribution in [0.15, 0.2) is 0 Å². The van der Waals surface area contributed by atoms with E-state index >= 15 is 0 Å². The maximum atomic E-state index is 9.89. The first-order valence-electron chi connectivity index (χ1n) is 6.53. The van der Waals surface area contributed by atoms with Crippen LogP contribution in [0.5, 0.6) is 0 Å². The van der Waals surface area contributed by atoms with E-state index < -0.39 is 11.6 Å². The summed E-state index contributed by atoms with van der Waals surface area (Å²) in [7, 11) is 0. The summed E-state index contributed by atoms with van der Waals surface area (Å²) in [6.45, 7) is 4.89. The SMILES string of the molecule is CCC(CO)(CO)NCC(O)CN1CCCC1. The van der Waals surface area contributed by atoms with Crippen LogP contribution in [0.25, 0.3) is 0 Å². The Labute approximate surface area is 103 Å². The van der Waals surface area contributed by atoms with Gasteiger partial charge in [0.1, 0.15) is 0 Å². The molecular weight excluding hydrogens is 220 g/mol. The van der Waals surface area contributed by atoms with Crippen molar-refractivity contribution in [2.45, 2.75) is 37.8 Å². The number of nitrogens with zero attached hydrogens (tertiary/aromatic N) is 1. The van der Waals surface area contributed by atoms with Crippen LogP contribution in [0.1, 0.15) is 26.2 Å². The van der Waals surface area contributed by atoms with E-state index in [1.54, 1.807) is 0 Å². The maximum absolute atomic E-state index is 9.89. The van der Waals surface area contributed by atoms with Gasteiger partial charge in [0.05, 0.1) is 24.9 Å². The molecule has 0 aromatic rings. The molecule has 0 radical (unpaired) electrons. The Balaban J connectivity index is 2.27. The van der Waals surface area contributed by atoms with E-state index in [2.05, 4.69) is 10.2 Å². The molecule has 0 amide bonds. The minimum atomic E-state index is -0.661. The molecule has 1 rings (SSSR count). The lowest BCUT2D eigenvalue weighted by Crippen LogP contribution is -2.54. The smallest absolute Gasteiger partial charge is 0.0791 e. The maximum Gasteiger partial charge on any atom is 0.0791 e. The fourth-order valence-corrected chi connectivity index (χ4v) is 2.17. The van der Waals surface area contributed by atoms with Gasteiger partial charge in [0, 0.05) is 13.1 Å². The largest absolute Gasteiger partial charge is 0.394 e. The average Bonchev–Trinajstić information content (AvgIpc) is 2.84. The molecule has 1 saturated heterocycles. The van der Waals surface area contributed by atoms with Gasteiger partial charge in [-0.2, -0.15) is 0 Å². The second-order valence-corrected chi connectivity index (χ2v) is 4.99. The van der Waals surface area contributed by atoms with E-state index in [0.29, 0.717) is 19.5 Å². The highest BCUT2D eigenvalue weighted by molar-refractivity contribution is 4.86. The number of nitrogens with one attached hydrogen (secondary N) is 1. The fraction of sp³-hybridized carbons (Fsp3) is 1.00. The molecule has 17 heavy (non-hydrogen) atoms. The molecule has 1 aliphatic rings. The van der Waals surface area contributed by atoms with E-state index in [1.165, 1.54) is 12.8 Å². The van der Waals surface area contributed by atoms with Crippen molar-refractivity contribution in [1.82, 2.24) is 10.2 Å². The van der Waals surface area contributed by atoms with E-state index in [9.17, 15) is 15.3 Å². The van der Waals surface area contributed by atoms with Gasteiger partial charge >= 0.3 is 0 Å². The van der Waals surface area contributed by atoms with Gasteiger partial charge < -0.3 is 25.5 Å². The van der Waals surface area contributed by atoms with Gasteiger partial charge in [-0.15, -0.1) is 0 Å². The zero-order valence-corrected chi connectivity index (χ0v) is 10.7. The van der Waals surface area contributed by atoms with Gasteiger partial charge in [-0.05, 0) is 32.4 Å². The highest BCUT2D eigenvalue weighted by atomic mass is 16.3. The Hall–Kier alpha value is -0.200. The molecule has 102 valence electrons. The zero-order valence-electron chi connectivity index (χ0n) is 10.7. The molecule has 0 aromatic heterocycles. The summed E-state index contributed by atoms with van der Waals surface area (Å²) in [5, 5.41) is 31.5. The van der Waals surface area contributed by atoms with Crippen LogP contribution in [0.4, 0.5) is 0 Å². The van der Waals surface area contributed by atoms with Crippen molar-refractivity contribution in [3.63, 3.8) is 0 Å². The molecule has 5 nitrogen and oxygen atoms in total. The van der Waals surface area contributed by atoms with Crippen molar-refractivity contribution in [3.8, 4) is 0 Å². The Morgan fingerprint density at radius 2 is 1.82 bits per heavy atom. The van der Waals surface area contributed by atoms with Gasteiger partial charge in [-0.25, -0.2) is 0 Å². The Bertz CT molecular complexity index is 196. The summed E-state index contributed by atoms with van der Waals surface area (Å²) in [6, 6.07) is 0. The van der Waals surface area contributed by atoms with Gasteiger partial charge in [0.25, 0.3) is 0 Å². The van der Waals surface area contributed by atoms with Crippen molar-refractivity contribution in [2.75, 3.05) is 39.4 Å². The van der Waals surface area contributed by atoms with Gasteiger partial charge in [-0.3, -0.25) is 0 Å². The van der Waals surface area contributed by atoms with Gasteiger partial charge in [-0.1, -0.05) is 6.92 Å². The third kappa shape index (κ3) is 4.52. The molecule has 1 heterocycles. The Morgan fingerprint density at radius 3 is 2.29 bits per heavy atom. The highest BCUT2D eigenvalue weighted by Crippen LogP contribution is 2.10. The second kappa shape index (κ2) is 7.28. The number of hydrogen-bond acceptors (Lipinski definition) is 5. The summed E-state index contributed by atoms with van der Waals surface area (Å²) < 4.78 is 0. The van der Waals surface area contributed by atoms with Crippen molar-refractivity contribution in [2.24, 2.45) is 0 Å². The molecule has 0 saturated carbocycles. The molecule has 0 aromatic carbocycles. The molecule has 0 aliphatic carbocycles. The number of hydrogen-bond donors (Lipinski definition) is 4. The van der Waals surface area contributed by atoms with Crippen molar-refractivity contribution in [1.29, 1.82) is 0 Å². The molecule has 5 heteroatoms. The van der Waals surface area contributed by atoms with Crippen molar-refractivity contribution < 1.29 is 15.3 Å².